The molecule has 0 aliphatic heterocycles. The summed E-state index contributed by atoms with van der Waals surface area (Å²) in [6.45, 7) is 1.78. The number of methoxy groups -OCH3 is 1. The van der Waals surface area contributed by atoms with Crippen molar-refractivity contribution >= 4 is 37.8 Å². The summed E-state index contributed by atoms with van der Waals surface area (Å²) in [5, 5.41) is 0. The number of hydrogen-bond acceptors (Lipinski definition) is 3. The van der Waals surface area contributed by atoms with Gasteiger partial charge in [0.1, 0.15) is 11.6 Å². The van der Waals surface area contributed by atoms with Gasteiger partial charge >= 0.3 is 5.97 Å². The van der Waals surface area contributed by atoms with E-state index in [-0.39, 0.29) is 5.75 Å². The van der Waals surface area contributed by atoms with Crippen molar-refractivity contribution in [2.75, 3.05) is 7.11 Å². The fraction of sp³-hybridized carbons (Fsp3) is 0.364. The molecule has 0 bridgehead atoms. The Bertz CT molecular complexity index is 400. The van der Waals surface area contributed by atoms with Crippen LogP contribution in [0, 0.1) is 5.82 Å². The summed E-state index contributed by atoms with van der Waals surface area (Å²) in [5.41, 5.74) is 0. The van der Waals surface area contributed by atoms with Crippen LogP contribution in [0.4, 0.5) is 4.39 Å². The molecule has 0 N–H and O–H groups in total. The predicted octanol–water partition coefficient (Wildman–Crippen LogP) is 3.68. The number of carbonyl (C=O) groups is 1. The van der Waals surface area contributed by atoms with Gasteiger partial charge in [0.15, 0.2) is 6.10 Å². The normalized spacial score (nSPS) is 12.1. The molecule has 0 heterocycles. The summed E-state index contributed by atoms with van der Waals surface area (Å²) >= 11 is 6.25. The van der Waals surface area contributed by atoms with Crippen molar-refractivity contribution in [2.24, 2.45) is 0 Å². The number of ether oxygens (including phenoxy) is 2. The van der Waals surface area contributed by atoms with Crippen molar-refractivity contribution in [1.82, 2.24) is 0 Å². The van der Waals surface area contributed by atoms with Crippen molar-refractivity contribution in [3.63, 3.8) is 0 Å². The summed E-state index contributed by atoms with van der Waals surface area (Å²) in [5.74, 6) is -0.670. The number of carbonyl (C=O) groups excluding carboxylic acids is 1. The van der Waals surface area contributed by atoms with Crippen molar-refractivity contribution in [2.45, 2.75) is 19.4 Å². The van der Waals surface area contributed by atoms with Gasteiger partial charge in [-0.05, 0) is 44.3 Å². The van der Waals surface area contributed by atoms with Crippen LogP contribution >= 0.6 is 31.9 Å². The SMILES string of the molecule is CCC(Oc1cc(F)c(Br)c(Br)c1)C(=O)OC. The molecule has 0 spiro atoms. The maximum atomic E-state index is 13.4. The average Bonchev–Trinajstić information content (AvgIpc) is 2.31. The Morgan fingerprint density at radius 3 is 2.59 bits per heavy atom. The zero-order valence-electron chi connectivity index (χ0n) is 9.30. The molecule has 0 amide bonds. The molecule has 0 fully saturated rings. The molecule has 17 heavy (non-hydrogen) atoms. The van der Waals surface area contributed by atoms with Crippen molar-refractivity contribution < 1.29 is 18.7 Å². The molecule has 1 aromatic rings. The highest BCUT2D eigenvalue weighted by atomic mass is 79.9. The van der Waals surface area contributed by atoms with Crippen LogP contribution in [0.15, 0.2) is 21.1 Å². The molecule has 0 saturated carbocycles. The molecule has 1 aromatic carbocycles. The molecule has 0 aliphatic carbocycles. The lowest BCUT2D eigenvalue weighted by atomic mass is 10.2. The smallest absolute Gasteiger partial charge is 0.347 e. The predicted molar refractivity (Wildman–Crippen MR) is 68.5 cm³/mol. The monoisotopic (exact) mass is 368 g/mol. The summed E-state index contributed by atoms with van der Waals surface area (Å²) < 4.78 is 24.2. The van der Waals surface area contributed by atoms with Crippen LogP contribution in [0.1, 0.15) is 13.3 Å². The molecule has 1 unspecified atom stereocenters. The molecule has 0 aliphatic rings. The van der Waals surface area contributed by atoms with Gasteiger partial charge in [0.05, 0.1) is 11.6 Å². The van der Waals surface area contributed by atoms with E-state index in [1.165, 1.54) is 13.2 Å². The van der Waals surface area contributed by atoms with E-state index < -0.39 is 17.9 Å². The van der Waals surface area contributed by atoms with Gasteiger partial charge in [-0.2, -0.15) is 0 Å². The lowest BCUT2D eigenvalue weighted by Crippen LogP contribution is -2.27. The number of rotatable bonds is 4. The highest BCUT2D eigenvalue weighted by molar-refractivity contribution is 9.13. The van der Waals surface area contributed by atoms with Crippen LogP contribution in [0.5, 0.6) is 5.75 Å². The van der Waals surface area contributed by atoms with Crippen LogP contribution < -0.4 is 4.74 Å². The minimum absolute atomic E-state index is 0.273. The van der Waals surface area contributed by atoms with E-state index in [2.05, 4.69) is 36.6 Å². The first kappa shape index (κ1) is 14.4. The van der Waals surface area contributed by atoms with E-state index >= 15 is 0 Å². The van der Waals surface area contributed by atoms with Gasteiger partial charge in [0.2, 0.25) is 0 Å². The number of esters is 1. The first-order valence-electron chi connectivity index (χ1n) is 4.88. The third-order valence-corrected chi connectivity index (χ3v) is 4.03. The van der Waals surface area contributed by atoms with Crippen molar-refractivity contribution in [3.8, 4) is 5.75 Å². The van der Waals surface area contributed by atoms with E-state index in [9.17, 15) is 9.18 Å². The second kappa shape index (κ2) is 6.35. The molecule has 1 atom stereocenters. The minimum Gasteiger partial charge on any atom is -0.479 e. The van der Waals surface area contributed by atoms with Crippen molar-refractivity contribution in [1.29, 1.82) is 0 Å². The fourth-order valence-electron chi connectivity index (χ4n) is 1.19. The van der Waals surface area contributed by atoms with E-state index in [1.807, 2.05) is 0 Å². The van der Waals surface area contributed by atoms with Gasteiger partial charge in [0.25, 0.3) is 0 Å². The van der Waals surface area contributed by atoms with Gasteiger partial charge in [-0.1, -0.05) is 6.92 Å². The fourth-order valence-corrected chi connectivity index (χ4v) is 1.84. The van der Waals surface area contributed by atoms with Gasteiger partial charge in [-0.3, -0.25) is 0 Å². The van der Waals surface area contributed by atoms with E-state index in [4.69, 9.17) is 4.74 Å². The van der Waals surface area contributed by atoms with Crippen LogP contribution in [0.3, 0.4) is 0 Å². The average molecular weight is 370 g/mol. The molecular weight excluding hydrogens is 359 g/mol. The lowest BCUT2D eigenvalue weighted by Gasteiger charge is -2.15. The van der Waals surface area contributed by atoms with Gasteiger partial charge in [0, 0.05) is 10.5 Å². The summed E-state index contributed by atoms with van der Waals surface area (Å²) in [4.78, 5) is 11.3. The summed E-state index contributed by atoms with van der Waals surface area (Å²) in [6, 6.07) is 2.79. The highest BCUT2D eigenvalue weighted by Crippen LogP contribution is 2.31. The second-order valence-electron chi connectivity index (χ2n) is 3.24. The zero-order valence-corrected chi connectivity index (χ0v) is 12.5. The number of hydrogen-bond donors (Lipinski definition) is 0. The van der Waals surface area contributed by atoms with Crippen molar-refractivity contribution in [3.05, 3.63) is 26.9 Å². The van der Waals surface area contributed by atoms with Gasteiger partial charge in [-0.15, -0.1) is 0 Å². The standard InChI is InChI=1S/C11H11Br2FO3/c1-3-9(11(15)16-2)17-6-4-7(12)10(13)8(14)5-6/h4-5,9H,3H2,1-2H3. The largest absolute Gasteiger partial charge is 0.479 e. The second-order valence-corrected chi connectivity index (χ2v) is 4.89. The molecular formula is C11H11Br2FO3. The molecule has 0 saturated heterocycles. The Kier molecular flexibility index (Phi) is 5.39. The van der Waals surface area contributed by atoms with Crippen LogP contribution in [0.2, 0.25) is 0 Å². The van der Waals surface area contributed by atoms with Crippen LogP contribution in [-0.4, -0.2) is 19.2 Å². The third kappa shape index (κ3) is 3.67. The van der Waals surface area contributed by atoms with Crippen LogP contribution in [0.25, 0.3) is 0 Å². The number of halogens is 3. The van der Waals surface area contributed by atoms with E-state index in [1.54, 1.807) is 13.0 Å². The van der Waals surface area contributed by atoms with Gasteiger partial charge in [-0.25, -0.2) is 9.18 Å². The maximum Gasteiger partial charge on any atom is 0.347 e. The molecule has 0 aromatic heterocycles. The first-order valence-corrected chi connectivity index (χ1v) is 6.47. The Labute approximate surface area is 116 Å². The lowest BCUT2D eigenvalue weighted by molar-refractivity contribution is -0.148. The zero-order chi connectivity index (χ0) is 13.0. The Morgan fingerprint density at radius 1 is 1.47 bits per heavy atom. The quantitative estimate of drug-likeness (QED) is 0.599. The maximum absolute atomic E-state index is 13.4. The topological polar surface area (TPSA) is 35.5 Å². The van der Waals surface area contributed by atoms with E-state index in [0.29, 0.717) is 15.4 Å². The number of benzene rings is 1. The molecule has 6 heteroatoms. The summed E-state index contributed by atoms with van der Waals surface area (Å²) in [7, 11) is 1.28. The molecule has 3 nitrogen and oxygen atoms in total. The Balaban J connectivity index is 2.91. The molecule has 0 radical (unpaired) electrons. The van der Waals surface area contributed by atoms with E-state index in [0.717, 1.165) is 0 Å². The summed E-state index contributed by atoms with van der Waals surface area (Å²) in [6.07, 6.45) is -0.283. The Hall–Kier alpha value is -0.620. The molecule has 1 rings (SSSR count). The van der Waals surface area contributed by atoms with Gasteiger partial charge < -0.3 is 9.47 Å². The van der Waals surface area contributed by atoms with Crippen LogP contribution in [-0.2, 0) is 9.53 Å². The Morgan fingerprint density at radius 2 is 2.12 bits per heavy atom. The first-order chi connectivity index (χ1) is 7.99. The highest BCUT2D eigenvalue weighted by Gasteiger charge is 2.19. The molecule has 94 valence electrons. The third-order valence-electron chi connectivity index (χ3n) is 2.07. The minimum atomic E-state index is -0.729.